The molecule has 0 spiro atoms. The van der Waals surface area contributed by atoms with Gasteiger partial charge in [-0.2, -0.15) is 0 Å². The van der Waals surface area contributed by atoms with Crippen LogP contribution in [0.15, 0.2) is 30.3 Å². The first-order valence-electron chi connectivity index (χ1n) is 8.78. The summed E-state index contributed by atoms with van der Waals surface area (Å²) in [5.74, 6) is -0.337. The molecule has 1 fully saturated rings. The number of benzene rings is 1. The zero-order valence-corrected chi connectivity index (χ0v) is 15.0. The quantitative estimate of drug-likeness (QED) is 0.652. The van der Waals surface area contributed by atoms with Gasteiger partial charge in [-0.15, -0.1) is 0 Å². The highest BCUT2D eigenvalue weighted by atomic mass is 16.2. The number of nitrogens with zero attached hydrogens (tertiary/aromatic N) is 3. The largest absolute Gasteiger partial charge is 0.346 e. The number of rotatable bonds is 8. The monoisotopic (exact) mass is 347 g/mol. The molecule has 2 amide bonds. The number of likely N-dealkylation sites (N-methyl/N-ethyl adjacent to an activating group) is 1. The van der Waals surface area contributed by atoms with E-state index in [4.69, 9.17) is 5.73 Å². The molecule has 0 aliphatic carbocycles. The highest BCUT2D eigenvalue weighted by Crippen LogP contribution is 2.05. The molecule has 1 aromatic carbocycles. The van der Waals surface area contributed by atoms with Crippen molar-refractivity contribution in [3.63, 3.8) is 0 Å². The van der Waals surface area contributed by atoms with Gasteiger partial charge in [-0.25, -0.2) is 0 Å². The van der Waals surface area contributed by atoms with Gasteiger partial charge in [-0.3, -0.25) is 14.5 Å². The molecule has 0 bridgehead atoms. The van der Waals surface area contributed by atoms with E-state index in [9.17, 15) is 9.59 Å². The Kier molecular flexibility index (Phi) is 7.84. The second kappa shape index (κ2) is 10.1. The molecule has 1 saturated heterocycles. The lowest BCUT2D eigenvalue weighted by atomic mass is 10.2. The first kappa shape index (κ1) is 19.4. The van der Waals surface area contributed by atoms with Gasteiger partial charge in [-0.1, -0.05) is 30.3 Å². The molecule has 1 aromatic rings. The number of hydrogen-bond acceptors (Lipinski definition) is 5. The van der Waals surface area contributed by atoms with E-state index in [-0.39, 0.29) is 24.9 Å². The summed E-state index contributed by atoms with van der Waals surface area (Å²) >= 11 is 0. The second-order valence-electron chi connectivity index (χ2n) is 6.43. The molecule has 0 aromatic heterocycles. The van der Waals surface area contributed by atoms with Gasteiger partial charge in [0.15, 0.2) is 0 Å². The molecule has 0 atom stereocenters. The number of amides is 2. The molecule has 1 aliphatic rings. The standard InChI is InChI=1S/C18H29N5O2/c1-21(15-16-5-3-2-4-6-16)7-8-22-9-11-23(12-10-22)18(25)14-20-17(24)13-19/h2-6H,7-15,19H2,1H3,(H,20,24). The SMILES string of the molecule is CN(CCN1CCN(C(=O)CNC(=O)CN)CC1)Cc1ccccc1. The molecule has 3 N–H and O–H groups in total. The molecule has 7 nitrogen and oxygen atoms in total. The predicted molar refractivity (Wildman–Crippen MR) is 97.9 cm³/mol. The maximum Gasteiger partial charge on any atom is 0.242 e. The third-order valence-corrected chi connectivity index (χ3v) is 4.44. The lowest BCUT2D eigenvalue weighted by Gasteiger charge is -2.35. The second-order valence-corrected chi connectivity index (χ2v) is 6.43. The van der Waals surface area contributed by atoms with Crippen molar-refractivity contribution in [2.24, 2.45) is 5.73 Å². The highest BCUT2D eigenvalue weighted by molar-refractivity contribution is 5.85. The average molecular weight is 347 g/mol. The Morgan fingerprint density at radius 3 is 2.48 bits per heavy atom. The van der Waals surface area contributed by atoms with Crippen molar-refractivity contribution in [3.8, 4) is 0 Å². The van der Waals surface area contributed by atoms with Gasteiger partial charge in [0.05, 0.1) is 13.1 Å². The summed E-state index contributed by atoms with van der Waals surface area (Å²) in [7, 11) is 2.13. The van der Waals surface area contributed by atoms with E-state index < -0.39 is 0 Å². The Hall–Kier alpha value is -1.96. The van der Waals surface area contributed by atoms with Gasteiger partial charge >= 0.3 is 0 Å². The van der Waals surface area contributed by atoms with Gasteiger partial charge < -0.3 is 20.9 Å². The summed E-state index contributed by atoms with van der Waals surface area (Å²) in [5.41, 5.74) is 6.53. The summed E-state index contributed by atoms with van der Waals surface area (Å²) in [6, 6.07) is 10.4. The van der Waals surface area contributed by atoms with Crippen LogP contribution in [-0.2, 0) is 16.1 Å². The number of carbonyl (C=O) groups is 2. The smallest absolute Gasteiger partial charge is 0.242 e. The minimum absolute atomic E-state index is 0.0375. The molecule has 0 unspecified atom stereocenters. The van der Waals surface area contributed by atoms with E-state index in [1.807, 2.05) is 6.07 Å². The van der Waals surface area contributed by atoms with Crippen LogP contribution in [-0.4, -0.2) is 85.9 Å². The summed E-state index contributed by atoms with van der Waals surface area (Å²) in [4.78, 5) is 29.6. The van der Waals surface area contributed by atoms with Crippen LogP contribution in [0.3, 0.4) is 0 Å². The van der Waals surface area contributed by atoms with Crippen molar-refractivity contribution < 1.29 is 9.59 Å². The van der Waals surface area contributed by atoms with Gasteiger partial charge in [0, 0.05) is 45.8 Å². The molecule has 25 heavy (non-hydrogen) atoms. The van der Waals surface area contributed by atoms with Crippen LogP contribution in [0.5, 0.6) is 0 Å². The number of nitrogens with one attached hydrogen (secondary N) is 1. The Balaban J connectivity index is 1.63. The Bertz CT molecular complexity index is 544. The van der Waals surface area contributed by atoms with Gasteiger partial charge in [0.1, 0.15) is 0 Å². The number of nitrogens with two attached hydrogens (primary N) is 1. The fraction of sp³-hybridized carbons (Fsp3) is 0.556. The normalized spacial score (nSPS) is 15.4. The van der Waals surface area contributed by atoms with E-state index in [0.29, 0.717) is 13.1 Å². The molecular formula is C18H29N5O2. The number of carbonyl (C=O) groups excluding carboxylic acids is 2. The maximum atomic E-state index is 12.0. The summed E-state index contributed by atoms with van der Waals surface area (Å²) in [6.07, 6.45) is 0. The Labute approximate surface area is 149 Å². The summed E-state index contributed by atoms with van der Waals surface area (Å²) in [5, 5.41) is 2.53. The fourth-order valence-electron chi connectivity index (χ4n) is 2.87. The topological polar surface area (TPSA) is 81.9 Å². The zero-order chi connectivity index (χ0) is 18.1. The van der Waals surface area contributed by atoms with Crippen LogP contribution in [0, 0.1) is 0 Å². The Morgan fingerprint density at radius 2 is 1.84 bits per heavy atom. The van der Waals surface area contributed by atoms with Crippen molar-refractivity contribution in [2.75, 3.05) is 59.4 Å². The maximum absolute atomic E-state index is 12.0. The molecular weight excluding hydrogens is 318 g/mol. The van der Waals surface area contributed by atoms with E-state index in [1.165, 1.54) is 5.56 Å². The minimum Gasteiger partial charge on any atom is -0.346 e. The van der Waals surface area contributed by atoms with Crippen molar-refractivity contribution >= 4 is 11.8 Å². The Morgan fingerprint density at radius 1 is 1.16 bits per heavy atom. The molecule has 138 valence electrons. The van der Waals surface area contributed by atoms with Crippen LogP contribution < -0.4 is 11.1 Å². The van der Waals surface area contributed by atoms with Gasteiger partial charge in [0.25, 0.3) is 0 Å². The van der Waals surface area contributed by atoms with E-state index in [0.717, 1.165) is 32.7 Å². The third-order valence-electron chi connectivity index (χ3n) is 4.44. The minimum atomic E-state index is -0.298. The lowest BCUT2D eigenvalue weighted by molar-refractivity contribution is -0.134. The number of piperazine rings is 1. The first-order chi connectivity index (χ1) is 12.1. The van der Waals surface area contributed by atoms with Gasteiger partial charge in [-0.05, 0) is 12.6 Å². The molecule has 0 radical (unpaired) electrons. The van der Waals surface area contributed by atoms with Crippen LogP contribution in [0.4, 0.5) is 0 Å². The van der Waals surface area contributed by atoms with Gasteiger partial charge in [0.2, 0.25) is 11.8 Å². The zero-order valence-electron chi connectivity index (χ0n) is 15.0. The van der Waals surface area contributed by atoms with E-state index >= 15 is 0 Å². The van der Waals surface area contributed by atoms with Crippen molar-refractivity contribution in [1.82, 2.24) is 20.0 Å². The lowest BCUT2D eigenvalue weighted by Crippen LogP contribution is -2.52. The van der Waals surface area contributed by atoms with Crippen LogP contribution in [0.2, 0.25) is 0 Å². The van der Waals surface area contributed by atoms with Crippen LogP contribution >= 0.6 is 0 Å². The fourth-order valence-corrected chi connectivity index (χ4v) is 2.87. The van der Waals surface area contributed by atoms with Crippen molar-refractivity contribution in [1.29, 1.82) is 0 Å². The molecule has 1 heterocycles. The van der Waals surface area contributed by atoms with Crippen molar-refractivity contribution in [3.05, 3.63) is 35.9 Å². The van der Waals surface area contributed by atoms with E-state index in [1.54, 1.807) is 4.90 Å². The third kappa shape index (κ3) is 6.81. The first-order valence-corrected chi connectivity index (χ1v) is 8.78. The molecule has 2 rings (SSSR count). The average Bonchev–Trinajstić information content (AvgIpc) is 2.65. The van der Waals surface area contributed by atoms with Crippen molar-refractivity contribution in [2.45, 2.75) is 6.54 Å². The summed E-state index contributed by atoms with van der Waals surface area (Å²) < 4.78 is 0. The van der Waals surface area contributed by atoms with Crippen LogP contribution in [0.1, 0.15) is 5.56 Å². The van der Waals surface area contributed by atoms with E-state index in [2.05, 4.69) is 46.4 Å². The molecule has 1 aliphatic heterocycles. The highest BCUT2D eigenvalue weighted by Gasteiger charge is 2.21. The predicted octanol–water partition coefficient (Wildman–Crippen LogP) is -0.662. The summed E-state index contributed by atoms with van der Waals surface area (Å²) in [6.45, 7) is 6.04. The number of hydrogen-bond donors (Lipinski definition) is 2. The molecule has 0 saturated carbocycles. The molecule has 7 heteroatoms. The van der Waals surface area contributed by atoms with Crippen LogP contribution in [0.25, 0.3) is 0 Å².